The van der Waals surface area contributed by atoms with Gasteiger partial charge in [0.05, 0.1) is 0 Å². The molecule has 0 bridgehead atoms. The van der Waals surface area contributed by atoms with Gasteiger partial charge in [0.2, 0.25) is 5.82 Å². The molecular formula is C7H8N2O2S. The molecule has 1 rings (SSSR count). The molecule has 1 N–H and O–H groups in total. The zero-order valence-corrected chi connectivity index (χ0v) is 7.55. The molecule has 0 aliphatic rings. The lowest BCUT2D eigenvalue weighted by atomic mass is 10.4. The van der Waals surface area contributed by atoms with E-state index in [4.69, 9.17) is 5.11 Å². The van der Waals surface area contributed by atoms with Gasteiger partial charge in [-0.3, -0.25) is 0 Å². The molecule has 4 nitrogen and oxygen atoms in total. The lowest BCUT2D eigenvalue weighted by Crippen LogP contribution is -2.05. The van der Waals surface area contributed by atoms with Crippen LogP contribution in [0.15, 0.2) is 11.2 Å². The predicted molar refractivity (Wildman–Crippen MR) is 45.5 cm³/mol. The van der Waals surface area contributed by atoms with E-state index in [2.05, 4.69) is 9.97 Å². The van der Waals surface area contributed by atoms with Crippen molar-refractivity contribution in [1.29, 1.82) is 0 Å². The Hall–Kier alpha value is -1.10. The molecular weight excluding hydrogens is 176 g/mol. The molecule has 0 spiro atoms. The third-order valence-corrected chi connectivity index (χ3v) is 2.11. The highest BCUT2D eigenvalue weighted by atomic mass is 32.2. The van der Waals surface area contributed by atoms with E-state index < -0.39 is 5.97 Å². The SMILES string of the molecule is CSc1nc(C(=O)O)ncc1C. The lowest BCUT2D eigenvalue weighted by Gasteiger charge is -2.00. The number of aromatic nitrogens is 2. The maximum absolute atomic E-state index is 10.4. The average Bonchev–Trinajstić information content (AvgIpc) is 2.05. The minimum absolute atomic E-state index is 0.148. The number of rotatable bonds is 2. The molecule has 0 unspecified atom stereocenters. The van der Waals surface area contributed by atoms with Crippen LogP contribution in [0.1, 0.15) is 16.2 Å². The molecule has 0 atom stereocenters. The van der Waals surface area contributed by atoms with Gasteiger partial charge in [0.1, 0.15) is 5.03 Å². The summed E-state index contributed by atoms with van der Waals surface area (Å²) in [5, 5.41) is 9.27. The van der Waals surface area contributed by atoms with E-state index in [0.29, 0.717) is 5.03 Å². The van der Waals surface area contributed by atoms with Gasteiger partial charge in [-0.1, -0.05) is 0 Å². The predicted octanol–water partition coefficient (Wildman–Crippen LogP) is 1.21. The summed E-state index contributed by atoms with van der Waals surface area (Å²) in [5.41, 5.74) is 0.896. The number of thioether (sulfide) groups is 1. The van der Waals surface area contributed by atoms with Crippen molar-refractivity contribution in [2.24, 2.45) is 0 Å². The van der Waals surface area contributed by atoms with E-state index in [9.17, 15) is 4.79 Å². The largest absolute Gasteiger partial charge is 0.475 e. The van der Waals surface area contributed by atoms with Crippen LogP contribution in [0.2, 0.25) is 0 Å². The van der Waals surface area contributed by atoms with Crippen molar-refractivity contribution in [2.45, 2.75) is 11.9 Å². The minimum Gasteiger partial charge on any atom is -0.475 e. The summed E-state index contributed by atoms with van der Waals surface area (Å²) in [5.74, 6) is -1.24. The Morgan fingerprint density at radius 2 is 2.33 bits per heavy atom. The monoisotopic (exact) mass is 184 g/mol. The third kappa shape index (κ3) is 1.73. The number of carbonyl (C=O) groups is 1. The Morgan fingerprint density at radius 1 is 1.67 bits per heavy atom. The fourth-order valence-electron chi connectivity index (χ4n) is 0.736. The Bertz CT molecular complexity index is 314. The second kappa shape index (κ2) is 3.53. The van der Waals surface area contributed by atoms with Gasteiger partial charge in [-0.05, 0) is 18.7 Å². The van der Waals surface area contributed by atoms with E-state index in [-0.39, 0.29) is 5.82 Å². The molecule has 0 aliphatic heterocycles. The van der Waals surface area contributed by atoms with E-state index in [1.807, 2.05) is 13.2 Å². The molecule has 0 saturated heterocycles. The average molecular weight is 184 g/mol. The Morgan fingerprint density at radius 3 is 2.83 bits per heavy atom. The van der Waals surface area contributed by atoms with Gasteiger partial charge in [-0.2, -0.15) is 0 Å². The van der Waals surface area contributed by atoms with Crippen LogP contribution >= 0.6 is 11.8 Å². The standard InChI is InChI=1S/C7H8N2O2S/c1-4-3-8-5(7(10)11)9-6(4)12-2/h3H,1-2H3,(H,10,11). The second-order valence-corrected chi connectivity index (χ2v) is 2.99. The molecule has 0 aliphatic carbocycles. The summed E-state index contributed by atoms with van der Waals surface area (Å²) >= 11 is 1.41. The van der Waals surface area contributed by atoms with Crippen LogP contribution in [-0.4, -0.2) is 27.3 Å². The van der Waals surface area contributed by atoms with Crippen molar-refractivity contribution < 1.29 is 9.90 Å². The summed E-state index contributed by atoms with van der Waals surface area (Å²) in [6, 6.07) is 0. The number of nitrogens with zero attached hydrogens (tertiary/aromatic N) is 2. The van der Waals surface area contributed by atoms with Crippen LogP contribution in [0, 0.1) is 6.92 Å². The summed E-state index contributed by atoms with van der Waals surface area (Å²) in [4.78, 5) is 18.0. The van der Waals surface area contributed by atoms with Gasteiger partial charge in [-0.25, -0.2) is 14.8 Å². The van der Waals surface area contributed by atoms with Crippen LogP contribution in [0.5, 0.6) is 0 Å². The molecule has 12 heavy (non-hydrogen) atoms. The lowest BCUT2D eigenvalue weighted by molar-refractivity contribution is 0.0682. The Balaban J connectivity index is 3.13. The number of carboxylic acid groups (broad SMARTS) is 1. The van der Waals surface area contributed by atoms with Gasteiger partial charge in [0.15, 0.2) is 0 Å². The van der Waals surface area contributed by atoms with Gasteiger partial charge in [0, 0.05) is 6.20 Å². The van der Waals surface area contributed by atoms with Gasteiger partial charge < -0.3 is 5.11 Å². The summed E-state index contributed by atoms with van der Waals surface area (Å²) in [7, 11) is 0. The Labute approximate surface area is 74.0 Å². The quantitative estimate of drug-likeness (QED) is 0.552. The van der Waals surface area contributed by atoms with Crippen molar-refractivity contribution in [2.75, 3.05) is 6.26 Å². The highest BCUT2D eigenvalue weighted by Crippen LogP contribution is 2.15. The number of hydrogen-bond acceptors (Lipinski definition) is 4. The first-order valence-electron chi connectivity index (χ1n) is 3.26. The van der Waals surface area contributed by atoms with Crippen molar-refractivity contribution in [1.82, 2.24) is 9.97 Å². The molecule has 0 aromatic carbocycles. The fourth-order valence-corrected chi connectivity index (χ4v) is 1.29. The number of aryl methyl sites for hydroxylation is 1. The molecule has 0 radical (unpaired) electrons. The normalized spacial score (nSPS) is 9.83. The van der Waals surface area contributed by atoms with Crippen molar-refractivity contribution in [3.8, 4) is 0 Å². The summed E-state index contributed by atoms with van der Waals surface area (Å²) in [6.07, 6.45) is 3.36. The van der Waals surface area contributed by atoms with Crippen LogP contribution in [0.4, 0.5) is 0 Å². The van der Waals surface area contributed by atoms with Gasteiger partial charge >= 0.3 is 5.97 Å². The maximum atomic E-state index is 10.4. The zero-order valence-electron chi connectivity index (χ0n) is 6.74. The highest BCUT2D eigenvalue weighted by Gasteiger charge is 2.08. The van der Waals surface area contributed by atoms with Crippen LogP contribution < -0.4 is 0 Å². The number of hydrogen-bond donors (Lipinski definition) is 1. The minimum atomic E-state index is -1.09. The summed E-state index contributed by atoms with van der Waals surface area (Å²) < 4.78 is 0. The van der Waals surface area contributed by atoms with Crippen LogP contribution in [0.25, 0.3) is 0 Å². The molecule has 1 aromatic heterocycles. The first kappa shape index (κ1) is 8.99. The number of carboxylic acids is 1. The molecule has 0 fully saturated rings. The van der Waals surface area contributed by atoms with E-state index in [0.717, 1.165) is 5.56 Å². The van der Waals surface area contributed by atoms with Gasteiger partial charge in [-0.15, -0.1) is 11.8 Å². The second-order valence-electron chi connectivity index (χ2n) is 2.19. The van der Waals surface area contributed by atoms with Crippen molar-refractivity contribution >= 4 is 17.7 Å². The zero-order chi connectivity index (χ0) is 9.14. The Kier molecular flexibility index (Phi) is 2.65. The topological polar surface area (TPSA) is 63.1 Å². The van der Waals surface area contributed by atoms with Crippen molar-refractivity contribution in [3.05, 3.63) is 17.6 Å². The van der Waals surface area contributed by atoms with Crippen LogP contribution in [-0.2, 0) is 0 Å². The van der Waals surface area contributed by atoms with Crippen LogP contribution in [0.3, 0.4) is 0 Å². The van der Waals surface area contributed by atoms with Crippen molar-refractivity contribution in [3.63, 3.8) is 0 Å². The maximum Gasteiger partial charge on any atom is 0.373 e. The molecule has 1 aromatic rings. The van der Waals surface area contributed by atoms with E-state index in [1.54, 1.807) is 0 Å². The first-order valence-corrected chi connectivity index (χ1v) is 4.48. The molecule has 5 heteroatoms. The van der Waals surface area contributed by atoms with E-state index in [1.165, 1.54) is 18.0 Å². The molecule has 1 heterocycles. The third-order valence-electron chi connectivity index (χ3n) is 1.31. The van der Waals surface area contributed by atoms with Gasteiger partial charge in [0.25, 0.3) is 0 Å². The molecule has 0 saturated carbocycles. The fraction of sp³-hybridized carbons (Fsp3) is 0.286. The molecule has 64 valence electrons. The van der Waals surface area contributed by atoms with E-state index >= 15 is 0 Å². The smallest absolute Gasteiger partial charge is 0.373 e. The summed E-state index contributed by atoms with van der Waals surface area (Å²) in [6.45, 7) is 1.84. The number of aromatic carboxylic acids is 1. The first-order chi connectivity index (χ1) is 5.65. The highest BCUT2D eigenvalue weighted by molar-refractivity contribution is 7.98. The molecule has 0 amide bonds.